The molecule has 0 bridgehead atoms. The van der Waals surface area contributed by atoms with Gasteiger partial charge in [0, 0.05) is 30.6 Å². The minimum Gasteiger partial charge on any atom is -0.381 e. The molecule has 2 aromatic heterocycles. The summed E-state index contributed by atoms with van der Waals surface area (Å²) in [6.45, 7) is 10.4. The summed E-state index contributed by atoms with van der Waals surface area (Å²) in [7, 11) is 0. The molecule has 1 atom stereocenters. The van der Waals surface area contributed by atoms with Crippen LogP contribution in [0.15, 0.2) is 9.59 Å². The second-order valence-corrected chi connectivity index (χ2v) is 8.36. The zero-order valence-corrected chi connectivity index (χ0v) is 16.9. The first kappa shape index (κ1) is 18.9. The number of fused-ring (bicyclic) bond motifs is 2. The van der Waals surface area contributed by atoms with Crippen LogP contribution in [0.4, 0.5) is 5.69 Å². The van der Waals surface area contributed by atoms with Gasteiger partial charge in [0.2, 0.25) is 0 Å². The van der Waals surface area contributed by atoms with Crippen molar-refractivity contribution in [1.29, 1.82) is 0 Å². The van der Waals surface area contributed by atoms with E-state index in [9.17, 15) is 9.59 Å². The van der Waals surface area contributed by atoms with E-state index in [1.165, 1.54) is 0 Å². The van der Waals surface area contributed by atoms with E-state index in [4.69, 9.17) is 5.10 Å². The number of nitrogens with one attached hydrogen (secondary N) is 3. The SMILES string of the molecule is CC(C)c1nn(C2CNc3c(C(C)C)n[nH]c(=O)c3C2)c(=O)c2c1CNCC2. The third-order valence-corrected chi connectivity index (χ3v) is 5.71. The summed E-state index contributed by atoms with van der Waals surface area (Å²) in [4.78, 5) is 25.6. The van der Waals surface area contributed by atoms with E-state index in [-0.39, 0.29) is 29.0 Å². The number of hydrogen-bond donors (Lipinski definition) is 3. The Kier molecular flexibility index (Phi) is 4.82. The molecule has 0 saturated heterocycles. The van der Waals surface area contributed by atoms with Crippen LogP contribution in [0, 0.1) is 0 Å². The third-order valence-electron chi connectivity index (χ3n) is 5.71. The number of nitrogens with zero attached hydrogens (tertiary/aromatic N) is 3. The average molecular weight is 384 g/mol. The van der Waals surface area contributed by atoms with Crippen molar-refractivity contribution in [1.82, 2.24) is 25.3 Å². The Balaban J connectivity index is 1.80. The zero-order chi connectivity index (χ0) is 20.0. The summed E-state index contributed by atoms with van der Waals surface area (Å²) in [5.74, 6) is 0.420. The molecule has 0 aliphatic carbocycles. The van der Waals surface area contributed by atoms with E-state index >= 15 is 0 Å². The Morgan fingerprint density at radius 2 is 1.79 bits per heavy atom. The molecule has 28 heavy (non-hydrogen) atoms. The maximum atomic E-state index is 13.2. The van der Waals surface area contributed by atoms with Gasteiger partial charge in [-0.05, 0) is 30.4 Å². The van der Waals surface area contributed by atoms with Crippen LogP contribution in [0.2, 0.25) is 0 Å². The number of aromatic nitrogens is 4. The highest BCUT2D eigenvalue weighted by Gasteiger charge is 2.30. The smallest absolute Gasteiger partial charge is 0.270 e. The largest absolute Gasteiger partial charge is 0.381 e. The Labute approximate surface area is 163 Å². The molecule has 2 aliphatic rings. The van der Waals surface area contributed by atoms with Gasteiger partial charge >= 0.3 is 0 Å². The highest BCUT2D eigenvalue weighted by Crippen LogP contribution is 2.30. The second kappa shape index (κ2) is 7.16. The van der Waals surface area contributed by atoms with Gasteiger partial charge in [-0.2, -0.15) is 10.2 Å². The first-order valence-electron chi connectivity index (χ1n) is 10.1. The van der Waals surface area contributed by atoms with Crippen molar-refractivity contribution < 1.29 is 0 Å². The molecule has 0 saturated carbocycles. The van der Waals surface area contributed by atoms with Gasteiger partial charge in [0.25, 0.3) is 11.1 Å². The maximum Gasteiger partial charge on any atom is 0.270 e. The van der Waals surface area contributed by atoms with Crippen molar-refractivity contribution in [3.63, 3.8) is 0 Å². The van der Waals surface area contributed by atoms with Crippen molar-refractivity contribution in [2.24, 2.45) is 0 Å². The van der Waals surface area contributed by atoms with Crippen LogP contribution in [0.25, 0.3) is 0 Å². The normalized spacial score (nSPS) is 18.7. The molecule has 0 aromatic carbocycles. The van der Waals surface area contributed by atoms with Gasteiger partial charge in [-0.15, -0.1) is 0 Å². The molecule has 150 valence electrons. The standard InChI is InChI=1S/C20H28N6O2/c1-10(2)16-15-9-21-6-5-13(15)20(28)26(25-16)12-7-14-18(22-8-12)17(11(3)4)23-24-19(14)27/h10-12,21-22H,5-9H2,1-4H3,(H,24,27). The molecule has 8 nitrogen and oxygen atoms in total. The Morgan fingerprint density at radius 3 is 2.50 bits per heavy atom. The van der Waals surface area contributed by atoms with Gasteiger partial charge in [0.15, 0.2) is 0 Å². The Hall–Kier alpha value is -2.48. The molecule has 4 heterocycles. The van der Waals surface area contributed by atoms with Crippen molar-refractivity contribution in [3.05, 3.63) is 48.8 Å². The molecule has 1 unspecified atom stereocenters. The van der Waals surface area contributed by atoms with Crippen LogP contribution in [0.3, 0.4) is 0 Å². The van der Waals surface area contributed by atoms with E-state index in [0.29, 0.717) is 25.1 Å². The van der Waals surface area contributed by atoms with Gasteiger partial charge in [0.1, 0.15) is 0 Å². The predicted molar refractivity (Wildman–Crippen MR) is 108 cm³/mol. The van der Waals surface area contributed by atoms with E-state index in [2.05, 4.69) is 34.7 Å². The molecule has 0 amide bonds. The molecule has 2 aliphatic heterocycles. The average Bonchev–Trinajstić information content (AvgIpc) is 2.68. The topological polar surface area (TPSA) is 105 Å². The maximum absolute atomic E-state index is 13.2. The second-order valence-electron chi connectivity index (χ2n) is 8.36. The fourth-order valence-corrected chi connectivity index (χ4v) is 4.25. The summed E-state index contributed by atoms with van der Waals surface area (Å²) < 4.78 is 1.62. The minimum atomic E-state index is -0.198. The van der Waals surface area contributed by atoms with Crippen LogP contribution in [-0.4, -0.2) is 33.1 Å². The van der Waals surface area contributed by atoms with Crippen molar-refractivity contribution in [3.8, 4) is 0 Å². The molecule has 8 heteroatoms. The molecule has 0 radical (unpaired) electrons. The first-order chi connectivity index (χ1) is 13.4. The number of hydrogen-bond acceptors (Lipinski definition) is 6. The summed E-state index contributed by atoms with van der Waals surface area (Å²) in [5, 5.41) is 18.3. The Morgan fingerprint density at radius 1 is 1.04 bits per heavy atom. The number of anilines is 1. The number of aromatic amines is 1. The lowest BCUT2D eigenvalue weighted by Crippen LogP contribution is -2.42. The van der Waals surface area contributed by atoms with Gasteiger partial charge in [-0.3, -0.25) is 9.59 Å². The Bertz CT molecular complexity index is 1020. The lowest BCUT2D eigenvalue weighted by Gasteiger charge is -2.30. The molecule has 2 aromatic rings. The minimum absolute atomic E-state index is 0.0225. The third kappa shape index (κ3) is 3.05. The monoisotopic (exact) mass is 384 g/mol. The summed E-state index contributed by atoms with van der Waals surface area (Å²) in [6.07, 6.45) is 1.19. The van der Waals surface area contributed by atoms with Crippen molar-refractivity contribution >= 4 is 5.69 Å². The molecular weight excluding hydrogens is 356 g/mol. The van der Waals surface area contributed by atoms with Crippen LogP contribution in [-0.2, 0) is 19.4 Å². The number of H-pyrrole nitrogens is 1. The van der Waals surface area contributed by atoms with Gasteiger partial charge < -0.3 is 10.6 Å². The van der Waals surface area contributed by atoms with E-state index in [1.54, 1.807) is 4.68 Å². The van der Waals surface area contributed by atoms with Crippen LogP contribution < -0.4 is 21.8 Å². The zero-order valence-electron chi connectivity index (χ0n) is 16.9. The van der Waals surface area contributed by atoms with Crippen LogP contribution in [0.5, 0.6) is 0 Å². The fourth-order valence-electron chi connectivity index (χ4n) is 4.25. The summed E-state index contributed by atoms with van der Waals surface area (Å²) in [5.41, 5.74) is 5.00. The van der Waals surface area contributed by atoms with Gasteiger partial charge in [0.05, 0.1) is 23.1 Å². The van der Waals surface area contributed by atoms with E-state index in [0.717, 1.165) is 41.2 Å². The fraction of sp³-hybridized carbons (Fsp3) is 0.600. The van der Waals surface area contributed by atoms with Crippen molar-refractivity contribution in [2.45, 2.75) is 65.0 Å². The highest BCUT2D eigenvalue weighted by molar-refractivity contribution is 5.57. The molecule has 0 fully saturated rings. The van der Waals surface area contributed by atoms with Gasteiger partial charge in [-0.1, -0.05) is 27.7 Å². The lowest BCUT2D eigenvalue weighted by atomic mass is 9.94. The van der Waals surface area contributed by atoms with E-state index in [1.807, 2.05) is 13.8 Å². The highest BCUT2D eigenvalue weighted by atomic mass is 16.1. The van der Waals surface area contributed by atoms with Crippen LogP contribution >= 0.6 is 0 Å². The molecule has 0 spiro atoms. The van der Waals surface area contributed by atoms with Crippen LogP contribution in [0.1, 0.15) is 73.7 Å². The van der Waals surface area contributed by atoms with Crippen molar-refractivity contribution in [2.75, 3.05) is 18.4 Å². The molecule has 3 N–H and O–H groups in total. The summed E-state index contributed by atoms with van der Waals surface area (Å²) in [6, 6.07) is -0.193. The molecule has 4 rings (SSSR count). The quantitative estimate of drug-likeness (QED) is 0.739. The lowest BCUT2D eigenvalue weighted by molar-refractivity contribution is 0.417. The number of rotatable bonds is 3. The first-order valence-corrected chi connectivity index (χ1v) is 10.1. The predicted octanol–water partition coefficient (Wildman–Crippen LogP) is 1.43. The molecular formula is C20H28N6O2. The summed E-state index contributed by atoms with van der Waals surface area (Å²) >= 11 is 0. The van der Waals surface area contributed by atoms with E-state index < -0.39 is 0 Å². The van der Waals surface area contributed by atoms with Gasteiger partial charge in [-0.25, -0.2) is 9.78 Å².